The van der Waals surface area contributed by atoms with E-state index in [2.05, 4.69) is 65.1 Å². The molecule has 5 aromatic carbocycles. The zero-order valence-electron chi connectivity index (χ0n) is 30.0. The van der Waals surface area contributed by atoms with Crippen molar-refractivity contribution in [2.75, 3.05) is 6.16 Å². The molecular weight excluding hydrogens is 691 g/mol. The molecule has 0 spiro atoms. The molecule has 1 atom stereocenters. The Bertz CT molecular complexity index is 1900. The standard InChI is InChI=1S/C43H42F6NOP/c1-40(2,3)30-21-28(22-31(25-30)41(4,5)6)36-19-13-14-20-37(36)38(27-52(34-15-9-7-10-16-34)35-17-11-8-12-18-35)50-39(51)29-23-32(42(44,45)46)26-33(24-29)43(47,48)49/h7-26,38H,27H2,1-6H3,(H,50,51)/t38-/m1/s1. The fourth-order valence-corrected chi connectivity index (χ4v) is 8.46. The second-order valence-corrected chi connectivity index (χ2v) is 17.2. The third kappa shape index (κ3) is 9.32. The lowest BCUT2D eigenvalue weighted by Crippen LogP contribution is -2.33. The van der Waals surface area contributed by atoms with Crippen molar-refractivity contribution >= 4 is 24.4 Å². The van der Waals surface area contributed by atoms with Gasteiger partial charge in [0.25, 0.3) is 5.91 Å². The molecule has 0 fully saturated rings. The Morgan fingerprint density at radius 2 is 1.00 bits per heavy atom. The Balaban J connectivity index is 1.71. The summed E-state index contributed by atoms with van der Waals surface area (Å²) in [6.07, 6.45) is -9.87. The van der Waals surface area contributed by atoms with Crippen LogP contribution >= 0.6 is 7.92 Å². The number of benzene rings is 5. The fourth-order valence-electron chi connectivity index (χ4n) is 6.02. The quantitative estimate of drug-likeness (QED) is 0.125. The van der Waals surface area contributed by atoms with E-state index in [1.54, 1.807) is 0 Å². The molecule has 5 aromatic rings. The van der Waals surface area contributed by atoms with Gasteiger partial charge in [0.1, 0.15) is 0 Å². The van der Waals surface area contributed by atoms with E-state index in [-0.39, 0.29) is 16.9 Å². The summed E-state index contributed by atoms with van der Waals surface area (Å²) in [5.74, 6) is -1.04. The lowest BCUT2D eigenvalue weighted by atomic mass is 9.78. The molecule has 5 rings (SSSR count). The zero-order valence-corrected chi connectivity index (χ0v) is 30.8. The van der Waals surface area contributed by atoms with Gasteiger partial charge in [-0.1, -0.05) is 145 Å². The number of nitrogens with one attached hydrogen (secondary N) is 1. The summed E-state index contributed by atoms with van der Waals surface area (Å²) in [6, 6.07) is 33.6. The summed E-state index contributed by atoms with van der Waals surface area (Å²) in [5, 5.41) is 4.93. The van der Waals surface area contributed by atoms with Crippen LogP contribution in [-0.4, -0.2) is 12.1 Å². The van der Waals surface area contributed by atoms with Gasteiger partial charge in [-0.3, -0.25) is 4.79 Å². The Hall–Kier alpha value is -4.42. The van der Waals surface area contributed by atoms with Crippen molar-refractivity contribution in [3.05, 3.63) is 155 Å². The predicted octanol–water partition coefficient (Wildman–Crippen LogP) is 11.6. The maximum absolute atomic E-state index is 14.0. The number of carbonyl (C=O) groups excluding carboxylic acids is 1. The molecule has 1 N–H and O–H groups in total. The fraction of sp³-hybridized carbons (Fsp3) is 0.279. The molecule has 0 radical (unpaired) electrons. The van der Waals surface area contributed by atoms with Gasteiger partial charge in [-0.25, -0.2) is 0 Å². The van der Waals surface area contributed by atoms with Gasteiger partial charge in [-0.05, 0) is 75.4 Å². The average Bonchev–Trinajstić information content (AvgIpc) is 3.09. The zero-order chi connectivity index (χ0) is 38.1. The predicted molar refractivity (Wildman–Crippen MR) is 200 cm³/mol. The molecule has 0 bridgehead atoms. The summed E-state index contributed by atoms with van der Waals surface area (Å²) in [6.45, 7) is 12.8. The second-order valence-electron chi connectivity index (χ2n) is 15.0. The van der Waals surface area contributed by atoms with Gasteiger partial charge < -0.3 is 5.32 Å². The minimum atomic E-state index is -5.10. The normalized spacial score (nSPS) is 13.2. The highest BCUT2D eigenvalue weighted by Crippen LogP contribution is 2.43. The highest BCUT2D eigenvalue weighted by atomic mass is 31.1. The summed E-state index contributed by atoms with van der Waals surface area (Å²) in [4.78, 5) is 14.0. The van der Waals surface area contributed by atoms with E-state index in [0.29, 0.717) is 23.9 Å². The molecule has 0 unspecified atom stereocenters. The van der Waals surface area contributed by atoms with Crippen molar-refractivity contribution in [1.29, 1.82) is 0 Å². The molecule has 52 heavy (non-hydrogen) atoms. The molecule has 272 valence electrons. The molecule has 0 saturated carbocycles. The van der Waals surface area contributed by atoms with Crippen molar-refractivity contribution in [3.63, 3.8) is 0 Å². The largest absolute Gasteiger partial charge is 0.416 e. The summed E-state index contributed by atoms with van der Waals surface area (Å²) >= 11 is 0. The van der Waals surface area contributed by atoms with Gasteiger partial charge in [-0.2, -0.15) is 26.3 Å². The molecular formula is C43H42F6NOP. The van der Waals surface area contributed by atoms with Crippen LogP contribution < -0.4 is 15.9 Å². The van der Waals surface area contributed by atoms with Crippen LogP contribution in [0.5, 0.6) is 0 Å². The first-order valence-electron chi connectivity index (χ1n) is 16.9. The van der Waals surface area contributed by atoms with E-state index < -0.39 is 48.9 Å². The van der Waals surface area contributed by atoms with E-state index in [0.717, 1.165) is 32.9 Å². The third-order valence-corrected chi connectivity index (χ3v) is 11.5. The number of hydrogen-bond acceptors (Lipinski definition) is 1. The lowest BCUT2D eigenvalue weighted by Gasteiger charge is -2.29. The first kappa shape index (κ1) is 38.8. The first-order chi connectivity index (χ1) is 24.2. The van der Waals surface area contributed by atoms with E-state index in [9.17, 15) is 31.1 Å². The van der Waals surface area contributed by atoms with E-state index in [1.165, 1.54) is 0 Å². The van der Waals surface area contributed by atoms with Gasteiger partial charge in [-0.15, -0.1) is 0 Å². The smallest absolute Gasteiger partial charge is 0.345 e. The van der Waals surface area contributed by atoms with Gasteiger partial charge in [0.15, 0.2) is 0 Å². The second kappa shape index (κ2) is 14.9. The van der Waals surface area contributed by atoms with Crippen LogP contribution in [0.4, 0.5) is 26.3 Å². The van der Waals surface area contributed by atoms with E-state index in [1.807, 2.05) is 84.9 Å². The molecule has 0 heterocycles. The minimum Gasteiger partial charge on any atom is -0.345 e. The Morgan fingerprint density at radius 3 is 1.44 bits per heavy atom. The van der Waals surface area contributed by atoms with Crippen LogP contribution in [0, 0.1) is 0 Å². The number of halogens is 6. The topological polar surface area (TPSA) is 29.1 Å². The van der Waals surface area contributed by atoms with Crippen molar-refractivity contribution in [1.82, 2.24) is 5.32 Å². The number of hydrogen-bond donors (Lipinski definition) is 1. The molecule has 0 aliphatic rings. The number of alkyl halides is 6. The highest BCUT2D eigenvalue weighted by Gasteiger charge is 2.38. The van der Waals surface area contributed by atoms with Crippen molar-refractivity contribution in [2.45, 2.75) is 70.8 Å². The summed E-state index contributed by atoms with van der Waals surface area (Å²) in [7, 11) is -1.17. The van der Waals surface area contributed by atoms with Gasteiger partial charge in [0.05, 0.1) is 17.2 Å². The molecule has 0 aromatic heterocycles. The van der Waals surface area contributed by atoms with E-state index >= 15 is 0 Å². The average molecular weight is 734 g/mol. The maximum atomic E-state index is 14.0. The van der Waals surface area contributed by atoms with Crippen molar-refractivity contribution in [2.24, 2.45) is 0 Å². The molecule has 0 aliphatic heterocycles. The molecule has 2 nitrogen and oxygen atoms in total. The van der Waals surface area contributed by atoms with Crippen LogP contribution in [0.3, 0.4) is 0 Å². The maximum Gasteiger partial charge on any atom is 0.416 e. The number of rotatable bonds is 8. The monoisotopic (exact) mass is 733 g/mol. The first-order valence-corrected chi connectivity index (χ1v) is 18.5. The van der Waals surface area contributed by atoms with Crippen LogP contribution in [0.2, 0.25) is 0 Å². The van der Waals surface area contributed by atoms with Crippen molar-refractivity contribution in [3.8, 4) is 11.1 Å². The highest BCUT2D eigenvalue weighted by molar-refractivity contribution is 7.73. The summed E-state index contributed by atoms with van der Waals surface area (Å²) in [5.41, 5.74) is 0.384. The SMILES string of the molecule is CC(C)(C)c1cc(-c2ccccc2[C@@H](CP(c2ccccc2)c2ccccc2)NC(=O)c2cc(C(F)(F)F)cc(C(F)(F)F)c2)cc(C(C)(C)C)c1. The van der Waals surface area contributed by atoms with Gasteiger partial charge in [0.2, 0.25) is 0 Å². The van der Waals surface area contributed by atoms with Crippen LogP contribution in [0.1, 0.15) is 85.8 Å². The Morgan fingerprint density at radius 1 is 0.577 bits per heavy atom. The number of carbonyl (C=O) groups is 1. The lowest BCUT2D eigenvalue weighted by molar-refractivity contribution is -0.143. The molecule has 0 aliphatic carbocycles. The molecule has 9 heteroatoms. The minimum absolute atomic E-state index is 0.0304. The third-order valence-electron chi connectivity index (χ3n) is 8.97. The van der Waals surface area contributed by atoms with Gasteiger partial charge in [0, 0.05) is 11.7 Å². The van der Waals surface area contributed by atoms with Crippen molar-refractivity contribution < 1.29 is 31.1 Å². The van der Waals surface area contributed by atoms with Gasteiger partial charge >= 0.3 is 12.4 Å². The van der Waals surface area contributed by atoms with Crippen LogP contribution in [-0.2, 0) is 23.2 Å². The van der Waals surface area contributed by atoms with Crippen LogP contribution in [0.25, 0.3) is 11.1 Å². The Kier molecular flexibility index (Phi) is 11.1. The summed E-state index contributed by atoms with van der Waals surface area (Å²) < 4.78 is 83.1. The van der Waals surface area contributed by atoms with Crippen LogP contribution in [0.15, 0.2) is 121 Å². The Labute approximate surface area is 303 Å². The number of amides is 1. The molecule has 1 amide bonds. The molecule has 0 saturated heterocycles. The van der Waals surface area contributed by atoms with E-state index in [4.69, 9.17) is 0 Å².